The fourth-order valence-electron chi connectivity index (χ4n) is 2.27. The van der Waals surface area contributed by atoms with Crippen molar-refractivity contribution in [2.75, 3.05) is 0 Å². The molecule has 2 rings (SSSR count). The van der Waals surface area contributed by atoms with Gasteiger partial charge >= 0.3 is 0 Å². The highest BCUT2D eigenvalue weighted by Crippen LogP contribution is 2.30. The summed E-state index contributed by atoms with van der Waals surface area (Å²) in [5.74, 6) is 0. The zero-order valence-electron chi connectivity index (χ0n) is 9.59. The van der Waals surface area contributed by atoms with E-state index in [1.54, 1.807) is 0 Å². The Labute approximate surface area is 92.0 Å². The fraction of sp³-hybridized carbons (Fsp3) is 0.429. The van der Waals surface area contributed by atoms with Crippen molar-refractivity contribution in [2.24, 2.45) is 5.73 Å². The van der Waals surface area contributed by atoms with Crippen LogP contribution in [0.4, 0.5) is 0 Å². The van der Waals surface area contributed by atoms with Crippen LogP contribution in [0.2, 0.25) is 0 Å². The average molecular weight is 201 g/mol. The molecule has 0 aliphatic heterocycles. The Morgan fingerprint density at radius 1 is 1.27 bits per heavy atom. The molecular formula is C14H19N. The predicted octanol–water partition coefficient (Wildman–Crippen LogP) is 3.41. The third-order valence-corrected chi connectivity index (χ3v) is 3.25. The van der Waals surface area contributed by atoms with E-state index in [4.69, 9.17) is 5.73 Å². The SMILES string of the molecule is Cc1ccc(C)c(C(N)C2=CCCC2)c1. The first-order valence-corrected chi connectivity index (χ1v) is 5.70. The number of allylic oxidation sites excluding steroid dienone is 1. The van der Waals surface area contributed by atoms with Crippen LogP contribution in [0.1, 0.15) is 42.0 Å². The van der Waals surface area contributed by atoms with Gasteiger partial charge in [-0.2, -0.15) is 0 Å². The minimum absolute atomic E-state index is 0.118. The zero-order valence-corrected chi connectivity index (χ0v) is 9.59. The molecule has 0 saturated heterocycles. The van der Waals surface area contributed by atoms with Gasteiger partial charge < -0.3 is 5.73 Å². The number of hydrogen-bond acceptors (Lipinski definition) is 1. The Morgan fingerprint density at radius 3 is 2.73 bits per heavy atom. The van der Waals surface area contributed by atoms with Crippen LogP contribution >= 0.6 is 0 Å². The molecule has 0 heterocycles. The summed E-state index contributed by atoms with van der Waals surface area (Å²) in [6.45, 7) is 4.27. The lowest BCUT2D eigenvalue weighted by atomic mass is 9.94. The van der Waals surface area contributed by atoms with Crippen molar-refractivity contribution in [1.82, 2.24) is 0 Å². The number of hydrogen-bond donors (Lipinski definition) is 1. The summed E-state index contributed by atoms with van der Waals surface area (Å²) in [5, 5.41) is 0. The number of aryl methyl sites for hydroxylation is 2. The number of rotatable bonds is 2. The first kappa shape index (κ1) is 10.4. The van der Waals surface area contributed by atoms with E-state index >= 15 is 0 Å². The first-order chi connectivity index (χ1) is 7.18. The van der Waals surface area contributed by atoms with Crippen molar-refractivity contribution < 1.29 is 0 Å². The van der Waals surface area contributed by atoms with E-state index in [2.05, 4.69) is 38.1 Å². The van der Waals surface area contributed by atoms with Gasteiger partial charge in [-0.15, -0.1) is 0 Å². The summed E-state index contributed by atoms with van der Waals surface area (Å²) in [6.07, 6.45) is 5.96. The normalized spacial score (nSPS) is 17.7. The molecule has 1 nitrogen and oxygen atoms in total. The quantitative estimate of drug-likeness (QED) is 0.729. The highest BCUT2D eigenvalue weighted by atomic mass is 14.6. The molecule has 0 bridgehead atoms. The summed E-state index contributed by atoms with van der Waals surface area (Å²) in [5.41, 5.74) is 11.6. The largest absolute Gasteiger partial charge is 0.321 e. The van der Waals surface area contributed by atoms with E-state index in [0.717, 1.165) is 0 Å². The standard InChI is InChI=1S/C14H19N/c1-10-7-8-11(2)13(9-10)14(15)12-5-3-4-6-12/h5,7-9,14H,3-4,6,15H2,1-2H3. The van der Waals surface area contributed by atoms with Crippen molar-refractivity contribution >= 4 is 0 Å². The molecule has 1 aromatic carbocycles. The zero-order chi connectivity index (χ0) is 10.8. The summed E-state index contributed by atoms with van der Waals surface area (Å²) in [7, 11) is 0. The molecule has 1 atom stereocenters. The van der Waals surface area contributed by atoms with Gasteiger partial charge in [-0.05, 0) is 44.2 Å². The topological polar surface area (TPSA) is 26.0 Å². The van der Waals surface area contributed by atoms with Gasteiger partial charge in [-0.25, -0.2) is 0 Å². The molecule has 1 heteroatoms. The van der Waals surface area contributed by atoms with E-state index in [-0.39, 0.29) is 6.04 Å². The maximum absolute atomic E-state index is 6.30. The first-order valence-electron chi connectivity index (χ1n) is 5.70. The Bertz CT molecular complexity index is 390. The van der Waals surface area contributed by atoms with Crippen LogP contribution in [0.15, 0.2) is 29.8 Å². The van der Waals surface area contributed by atoms with Gasteiger partial charge in [-0.1, -0.05) is 35.4 Å². The van der Waals surface area contributed by atoms with Crippen molar-refractivity contribution in [2.45, 2.75) is 39.2 Å². The molecule has 1 aromatic rings. The molecule has 0 radical (unpaired) electrons. The highest BCUT2D eigenvalue weighted by molar-refractivity contribution is 5.37. The van der Waals surface area contributed by atoms with Crippen molar-refractivity contribution in [3.63, 3.8) is 0 Å². The van der Waals surface area contributed by atoms with E-state index in [9.17, 15) is 0 Å². The third-order valence-electron chi connectivity index (χ3n) is 3.25. The summed E-state index contributed by atoms with van der Waals surface area (Å²) < 4.78 is 0. The van der Waals surface area contributed by atoms with Crippen LogP contribution < -0.4 is 5.73 Å². The van der Waals surface area contributed by atoms with E-state index in [1.165, 1.54) is 41.5 Å². The molecule has 0 spiro atoms. The van der Waals surface area contributed by atoms with Crippen LogP contribution in [-0.4, -0.2) is 0 Å². The van der Waals surface area contributed by atoms with Gasteiger partial charge in [0.25, 0.3) is 0 Å². The second kappa shape index (κ2) is 4.19. The van der Waals surface area contributed by atoms with Gasteiger partial charge in [0.1, 0.15) is 0 Å². The van der Waals surface area contributed by atoms with Gasteiger partial charge in [0.05, 0.1) is 6.04 Å². The van der Waals surface area contributed by atoms with Gasteiger partial charge in [0, 0.05) is 0 Å². The third kappa shape index (κ3) is 2.13. The second-order valence-corrected chi connectivity index (χ2v) is 4.51. The summed E-state index contributed by atoms with van der Waals surface area (Å²) in [6, 6.07) is 6.65. The van der Waals surface area contributed by atoms with E-state index < -0.39 is 0 Å². The van der Waals surface area contributed by atoms with Crippen LogP contribution in [0.3, 0.4) is 0 Å². The summed E-state index contributed by atoms with van der Waals surface area (Å²) >= 11 is 0. The van der Waals surface area contributed by atoms with Crippen molar-refractivity contribution in [3.05, 3.63) is 46.5 Å². The Balaban J connectivity index is 2.31. The van der Waals surface area contributed by atoms with Gasteiger partial charge in [0.15, 0.2) is 0 Å². The molecule has 0 saturated carbocycles. The lowest BCUT2D eigenvalue weighted by Crippen LogP contribution is -2.13. The van der Waals surface area contributed by atoms with Crippen molar-refractivity contribution in [3.8, 4) is 0 Å². The van der Waals surface area contributed by atoms with Crippen LogP contribution in [-0.2, 0) is 0 Å². The van der Waals surface area contributed by atoms with Crippen LogP contribution in [0, 0.1) is 13.8 Å². The lowest BCUT2D eigenvalue weighted by molar-refractivity contribution is 0.779. The molecule has 80 valence electrons. The van der Waals surface area contributed by atoms with Gasteiger partial charge in [0.2, 0.25) is 0 Å². The molecule has 2 N–H and O–H groups in total. The molecule has 1 aliphatic rings. The molecule has 15 heavy (non-hydrogen) atoms. The molecular weight excluding hydrogens is 182 g/mol. The Kier molecular flexibility index (Phi) is 2.92. The van der Waals surface area contributed by atoms with Crippen LogP contribution in [0.25, 0.3) is 0 Å². The fourth-order valence-corrected chi connectivity index (χ4v) is 2.27. The van der Waals surface area contributed by atoms with E-state index in [0.29, 0.717) is 0 Å². The minimum Gasteiger partial charge on any atom is -0.321 e. The van der Waals surface area contributed by atoms with E-state index in [1.807, 2.05) is 0 Å². The molecule has 0 fully saturated rings. The Hall–Kier alpha value is -1.08. The smallest absolute Gasteiger partial charge is 0.0513 e. The Morgan fingerprint density at radius 2 is 2.07 bits per heavy atom. The molecule has 1 aliphatic carbocycles. The lowest BCUT2D eigenvalue weighted by Gasteiger charge is -2.16. The molecule has 1 unspecified atom stereocenters. The number of benzene rings is 1. The maximum Gasteiger partial charge on any atom is 0.0513 e. The maximum atomic E-state index is 6.30. The predicted molar refractivity (Wildman–Crippen MR) is 64.8 cm³/mol. The molecule has 0 aromatic heterocycles. The van der Waals surface area contributed by atoms with Crippen molar-refractivity contribution in [1.29, 1.82) is 0 Å². The second-order valence-electron chi connectivity index (χ2n) is 4.51. The highest BCUT2D eigenvalue weighted by Gasteiger charge is 2.16. The average Bonchev–Trinajstić information content (AvgIpc) is 2.74. The molecule has 0 amide bonds. The van der Waals surface area contributed by atoms with Gasteiger partial charge in [-0.3, -0.25) is 0 Å². The summed E-state index contributed by atoms with van der Waals surface area (Å²) in [4.78, 5) is 0. The van der Waals surface area contributed by atoms with Crippen LogP contribution in [0.5, 0.6) is 0 Å². The monoisotopic (exact) mass is 201 g/mol. The number of nitrogens with two attached hydrogens (primary N) is 1. The minimum atomic E-state index is 0.118.